The second kappa shape index (κ2) is 8.18. The van der Waals surface area contributed by atoms with Crippen molar-refractivity contribution in [2.24, 2.45) is 4.99 Å². The van der Waals surface area contributed by atoms with Crippen molar-refractivity contribution in [2.45, 2.75) is 44.8 Å². The molecule has 1 aliphatic carbocycles. The van der Waals surface area contributed by atoms with Crippen LogP contribution in [0.2, 0.25) is 5.02 Å². The molecule has 0 spiro atoms. The Hall–Kier alpha value is -2.55. The lowest BCUT2D eigenvalue weighted by atomic mass is 9.93. The maximum atomic E-state index is 12.9. The molecule has 0 saturated heterocycles. The smallest absolute Gasteiger partial charge is 0.305 e. The second-order valence-corrected chi connectivity index (χ2v) is 9.68. The third-order valence-electron chi connectivity index (χ3n) is 5.75. The Morgan fingerprint density at radius 1 is 1.29 bits per heavy atom. The Labute approximate surface area is 188 Å². The van der Waals surface area contributed by atoms with E-state index in [1.807, 2.05) is 19.2 Å². The number of thiazole rings is 1. The monoisotopic (exact) mass is 455 g/mol. The van der Waals surface area contributed by atoms with Crippen LogP contribution in [0.1, 0.15) is 56.5 Å². The number of hydrogen-bond acceptors (Lipinski definition) is 5. The van der Waals surface area contributed by atoms with Crippen molar-refractivity contribution in [2.75, 3.05) is 7.05 Å². The number of carbonyl (C=O) groups is 2. The predicted molar refractivity (Wildman–Crippen MR) is 122 cm³/mol. The number of aromatic amines is 1. The molecule has 1 aromatic carbocycles. The molecule has 0 unspecified atom stereocenters. The van der Waals surface area contributed by atoms with Crippen LogP contribution < -0.4 is 5.32 Å². The molecule has 1 saturated carbocycles. The van der Waals surface area contributed by atoms with E-state index in [0.717, 1.165) is 59.5 Å². The molecule has 31 heavy (non-hydrogen) atoms. The molecule has 2 N–H and O–H groups in total. The van der Waals surface area contributed by atoms with Gasteiger partial charge < -0.3 is 10.3 Å². The molecule has 0 radical (unpaired) electrons. The first-order valence-corrected chi connectivity index (χ1v) is 11.5. The molecule has 1 atom stereocenters. The van der Waals surface area contributed by atoms with Gasteiger partial charge in [0.25, 0.3) is 5.91 Å². The summed E-state index contributed by atoms with van der Waals surface area (Å²) >= 11 is 7.47. The first kappa shape index (κ1) is 20.4. The molecule has 1 aliphatic heterocycles. The standard InChI is InChI=1S/C22H22ClN5O2S/c1-28-10-18-19(11-28)31-22(27-18)21(30)26-16-5-3-2-4-15(16)25-20(29)17-9-12-8-13(23)6-7-14(12)24-17/h6-9,15,24H,2-5,10-11H2,1H3,(H,25,29)/b26-16+/t15-/m0/s1. The van der Waals surface area contributed by atoms with E-state index in [4.69, 9.17) is 11.6 Å². The Bertz CT molecular complexity index is 1190. The van der Waals surface area contributed by atoms with Gasteiger partial charge in [-0.15, -0.1) is 11.3 Å². The molecule has 3 aromatic rings. The molecule has 0 bridgehead atoms. The predicted octanol–water partition coefficient (Wildman–Crippen LogP) is 4.18. The number of aromatic nitrogens is 2. The van der Waals surface area contributed by atoms with Gasteiger partial charge in [-0.3, -0.25) is 14.5 Å². The van der Waals surface area contributed by atoms with Gasteiger partial charge in [-0.2, -0.15) is 0 Å². The van der Waals surface area contributed by atoms with Crippen molar-refractivity contribution >= 4 is 51.4 Å². The number of amides is 2. The van der Waals surface area contributed by atoms with Crippen LogP contribution in [-0.4, -0.2) is 45.5 Å². The summed E-state index contributed by atoms with van der Waals surface area (Å²) in [6.07, 6.45) is 3.41. The fourth-order valence-electron chi connectivity index (χ4n) is 4.20. The van der Waals surface area contributed by atoms with Gasteiger partial charge in [0, 0.05) is 39.6 Å². The summed E-state index contributed by atoms with van der Waals surface area (Å²) < 4.78 is 0. The zero-order chi connectivity index (χ0) is 21.5. The molecule has 3 heterocycles. The molecule has 7 nitrogen and oxygen atoms in total. The SMILES string of the molecule is CN1Cc2nc(C(=O)/N=C3\CCCC[C@@H]3NC(=O)c3cc4cc(Cl)ccc4[nH]3)sc2C1. The molecule has 2 aromatic heterocycles. The highest BCUT2D eigenvalue weighted by Gasteiger charge is 2.27. The van der Waals surface area contributed by atoms with Crippen LogP contribution in [0.5, 0.6) is 0 Å². The van der Waals surface area contributed by atoms with Crippen molar-refractivity contribution in [3.8, 4) is 0 Å². The van der Waals surface area contributed by atoms with Gasteiger partial charge in [0.1, 0.15) is 5.69 Å². The van der Waals surface area contributed by atoms with E-state index in [0.29, 0.717) is 22.1 Å². The van der Waals surface area contributed by atoms with Gasteiger partial charge in [0.15, 0.2) is 5.01 Å². The molecule has 5 rings (SSSR count). The maximum Gasteiger partial charge on any atom is 0.305 e. The molecular weight excluding hydrogens is 434 g/mol. The van der Waals surface area contributed by atoms with E-state index < -0.39 is 0 Å². The third-order valence-corrected chi connectivity index (χ3v) is 7.06. The van der Waals surface area contributed by atoms with Gasteiger partial charge >= 0.3 is 5.91 Å². The minimum Gasteiger partial charge on any atom is -0.351 e. The van der Waals surface area contributed by atoms with Crippen LogP contribution >= 0.6 is 22.9 Å². The summed E-state index contributed by atoms with van der Waals surface area (Å²) in [5.74, 6) is -0.519. The Kier molecular flexibility index (Phi) is 5.37. The topological polar surface area (TPSA) is 90.4 Å². The van der Waals surface area contributed by atoms with Crippen molar-refractivity contribution < 1.29 is 9.59 Å². The minimum atomic E-state index is -0.307. The molecule has 2 aliphatic rings. The van der Waals surface area contributed by atoms with Crippen LogP contribution in [0, 0.1) is 0 Å². The van der Waals surface area contributed by atoms with Gasteiger partial charge in [-0.25, -0.2) is 9.98 Å². The van der Waals surface area contributed by atoms with Gasteiger partial charge in [0.05, 0.1) is 11.7 Å². The first-order valence-electron chi connectivity index (χ1n) is 10.3. The number of carbonyl (C=O) groups excluding carboxylic acids is 2. The normalized spacial score (nSPS) is 20.3. The lowest BCUT2D eigenvalue weighted by Crippen LogP contribution is -2.43. The van der Waals surface area contributed by atoms with Crippen molar-refractivity contribution in [1.29, 1.82) is 0 Å². The molecular formula is C22H22ClN5O2S. The lowest BCUT2D eigenvalue weighted by molar-refractivity contribution is 0.0935. The molecule has 1 fully saturated rings. The number of benzene rings is 1. The number of fused-ring (bicyclic) bond motifs is 2. The largest absolute Gasteiger partial charge is 0.351 e. The van der Waals surface area contributed by atoms with Gasteiger partial charge in [0.2, 0.25) is 0 Å². The number of nitrogens with zero attached hydrogens (tertiary/aromatic N) is 3. The highest BCUT2D eigenvalue weighted by molar-refractivity contribution is 7.13. The van der Waals surface area contributed by atoms with E-state index >= 15 is 0 Å². The van der Waals surface area contributed by atoms with Gasteiger partial charge in [-0.1, -0.05) is 18.0 Å². The van der Waals surface area contributed by atoms with Crippen LogP contribution in [0.4, 0.5) is 0 Å². The third kappa shape index (κ3) is 4.15. The van der Waals surface area contributed by atoms with E-state index in [1.165, 1.54) is 11.3 Å². The Morgan fingerprint density at radius 2 is 2.16 bits per heavy atom. The van der Waals surface area contributed by atoms with Crippen LogP contribution in [0.25, 0.3) is 10.9 Å². The molecule has 9 heteroatoms. The second-order valence-electron chi connectivity index (χ2n) is 8.16. The number of rotatable bonds is 3. The maximum absolute atomic E-state index is 12.9. The summed E-state index contributed by atoms with van der Waals surface area (Å²) in [4.78, 5) is 40.9. The number of H-pyrrole nitrogens is 1. The summed E-state index contributed by atoms with van der Waals surface area (Å²) in [5.41, 5.74) is 3.03. The lowest BCUT2D eigenvalue weighted by Gasteiger charge is -2.24. The first-order chi connectivity index (χ1) is 15.0. The number of hydrogen-bond donors (Lipinski definition) is 2. The Morgan fingerprint density at radius 3 is 3.00 bits per heavy atom. The summed E-state index contributed by atoms with van der Waals surface area (Å²) in [7, 11) is 2.03. The zero-order valence-corrected chi connectivity index (χ0v) is 18.6. The number of nitrogens with one attached hydrogen (secondary N) is 2. The summed E-state index contributed by atoms with van der Waals surface area (Å²) in [6, 6.07) is 6.99. The van der Waals surface area contributed by atoms with E-state index in [2.05, 4.69) is 25.2 Å². The van der Waals surface area contributed by atoms with Gasteiger partial charge in [-0.05, 0) is 50.6 Å². The highest BCUT2D eigenvalue weighted by atomic mass is 35.5. The molecule has 160 valence electrons. The van der Waals surface area contributed by atoms with E-state index in [1.54, 1.807) is 12.1 Å². The van der Waals surface area contributed by atoms with Crippen molar-refractivity contribution in [1.82, 2.24) is 20.2 Å². The van der Waals surface area contributed by atoms with Crippen molar-refractivity contribution in [3.05, 3.63) is 50.6 Å². The van der Waals surface area contributed by atoms with Crippen LogP contribution in [0.3, 0.4) is 0 Å². The van der Waals surface area contributed by atoms with Crippen LogP contribution in [-0.2, 0) is 13.1 Å². The zero-order valence-electron chi connectivity index (χ0n) is 17.1. The average Bonchev–Trinajstić information content (AvgIpc) is 3.41. The fourth-order valence-corrected chi connectivity index (χ4v) is 5.42. The van der Waals surface area contributed by atoms with Crippen LogP contribution in [0.15, 0.2) is 29.3 Å². The quantitative estimate of drug-likeness (QED) is 0.620. The fraction of sp³-hybridized carbons (Fsp3) is 0.364. The number of halogens is 1. The number of aliphatic imine (C=N–C) groups is 1. The molecule has 2 amide bonds. The summed E-state index contributed by atoms with van der Waals surface area (Å²) in [6.45, 7) is 1.59. The highest BCUT2D eigenvalue weighted by Crippen LogP contribution is 2.28. The average molecular weight is 456 g/mol. The Balaban J connectivity index is 1.33. The van der Waals surface area contributed by atoms with E-state index in [9.17, 15) is 9.59 Å². The minimum absolute atomic E-state index is 0.212. The van der Waals surface area contributed by atoms with E-state index in [-0.39, 0.29) is 17.9 Å². The summed E-state index contributed by atoms with van der Waals surface area (Å²) in [5, 5.41) is 5.00. The van der Waals surface area contributed by atoms with Crippen molar-refractivity contribution in [3.63, 3.8) is 0 Å².